The lowest BCUT2D eigenvalue weighted by Crippen LogP contribution is -2.28. The van der Waals surface area contributed by atoms with E-state index in [1.165, 1.54) is 23.1 Å². The number of nitrogens with zero attached hydrogens (tertiary/aromatic N) is 3. The third kappa shape index (κ3) is 4.68. The summed E-state index contributed by atoms with van der Waals surface area (Å²) in [6.45, 7) is 4.35. The molecule has 148 valence electrons. The van der Waals surface area contributed by atoms with Crippen molar-refractivity contribution in [3.63, 3.8) is 0 Å². The van der Waals surface area contributed by atoms with Gasteiger partial charge in [0.2, 0.25) is 22.9 Å². The molecule has 2 N–H and O–H groups in total. The maximum Gasteiger partial charge on any atom is 0.231 e. The first-order valence-electron chi connectivity index (χ1n) is 8.72. The molecule has 2 aromatic rings. The molecule has 1 fully saturated rings. The lowest BCUT2D eigenvalue weighted by atomic mass is 10.1. The highest BCUT2D eigenvalue weighted by Gasteiger charge is 2.35. The highest BCUT2D eigenvalue weighted by atomic mass is 32.2. The number of benzene rings is 1. The molecule has 28 heavy (non-hydrogen) atoms. The summed E-state index contributed by atoms with van der Waals surface area (Å²) in [6.07, 6.45) is 0.163. The van der Waals surface area contributed by atoms with Crippen molar-refractivity contribution in [2.24, 2.45) is 5.92 Å². The third-order valence-corrected chi connectivity index (χ3v) is 6.51. The molecule has 2 heterocycles. The Balaban J connectivity index is 1.59. The average Bonchev–Trinajstić information content (AvgIpc) is 3.28. The van der Waals surface area contributed by atoms with E-state index in [9.17, 15) is 14.4 Å². The standard InChI is InChI=1S/C18H21N5O3S2/c1-10-4-5-13(6-11(10)2)23-8-12(7-15(23)25)16(26)20-17-21-22-18(28-17)27-9-14(24)19-3/h4-6,12H,7-9H2,1-3H3,(H,19,24)(H,20,21,26)/t12-/m1/s1. The van der Waals surface area contributed by atoms with Crippen LogP contribution >= 0.6 is 23.1 Å². The maximum absolute atomic E-state index is 12.6. The van der Waals surface area contributed by atoms with Crippen molar-refractivity contribution in [1.29, 1.82) is 0 Å². The minimum absolute atomic E-state index is 0.0671. The van der Waals surface area contributed by atoms with Gasteiger partial charge in [-0.15, -0.1) is 10.2 Å². The van der Waals surface area contributed by atoms with Crippen LogP contribution in [-0.2, 0) is 14.4 Å². The Morgan fingerprint density at radius 2 is 2.07 bits per heavy atom. The van der Waals surface area contributed by atoms with Crippen LogP contribution in [0.3, 0.4) is 0 Å². The van der Waals surface area contributed by atoms with Gasteiger partial charge in [-0.25, -0.2) is 0 Å². The molecule has 0 aliphatic carbocycles. The monoisotopic (exact) mass is 419 g/mol. The zero-order valence-corrected chi connectivity index (χ0v) is 17.4. The maximum atomic E-state index is 12.6. The summed E-state index contributed by atoms with van der Waals surface area (Å²) in [5.41, 5.74) is 3.08. The molecule has 1 aromatic carbocycles. The first-order chi connectivity index (χ1) is 13.4. The molecular formula is C18H21N5O3S2. The van der Waals surface area contributed by atoms with Crippen molar-refractivity contribution in [2.45, 2.75) is 24.6 Å². The van der Waals surface area contributed by atoms with Gasteiger partial charge in [-0.1, -0.05) is 29.2 Å². The second-order valence-electron chi connectivity index (χ2n) is 6.50. The number of thioether (sulfide) groups is 1. The van der Waals surface area contributed by atoms with Crippen LogP contribution in [0, 0.1) is 19.8 Å². The summed E-state index contributed by atoms with van der Waals surface area (Å²) in [7, 11) is 1.57. The van der Waals surface area contributed by atoms with Crippen LogP contribution in [0.15, 0.2) is 22.5 Å². The highest BCUT2D eigenvalue weighted by molar-refractivity contribution is 8.01. The van der Waals surface area contributed by atoms with E-state index in [0.717, 1.165) is 16.8 Å². The van der Waals surface area contributed by atoms with E-state index in [4.69, 9.17) is 0 Å². The lowest BCUT2D eigenvalue weighted by Gasteiger charge is -2.17. The van der Waals surface area contributed by atoms with Gasteiger partial charge in [-0.05, 0) is 37.1 Å². The van der Waals surface area contributed by atoms with Gasteiger partial charge in [0.05, 0.1) is 11.7 Å². The van der Waals surface area contributed by atoms with Crippen LogP contribution in [0.1, 0.15) is 17.5 Å². The molecular weight excluding hydrogens is 398 g/mol. The van der Waals surface area contributed by atoms with Crippen LogP contribution in [0.5, 0.6) is 0 Å². The summed E-state index contributed by atoms with van der Waals surface area (Å²) >= 11 is 2.46. The van der Waals surface area contributed by atoms with Crippen LogP contribution < -0.4 is 15.5 Å². The molecule has 1 saturated heterocycles. The molecule has 3 amide bonds. The van der Waals surface area contributed by atoms with Crippen molar-refractivity contribution in [3.05, 3.63) is 29.3 Å². The van der Waals surface area contributed by atoms with E-state index >= 15 is 0 Å². The largest absolute Gasteiger partial charge is 0.358 e. The summed E-state index contributed by atoms with van der Waals surface area (Å²) in [4.78, 5) is 37.9. The molecule has 0 bridgehead atoms. The Hall–Kier alpha value is -2.46. The summed E-state index contributed by atoms with van der Waals surface area (Å²) in [5, 5.41) is 13.5. The number of hydrogen-bond acceptors (Lipinski definition) is 7. The molecule has 1 aliphatic heterocycles. The third-order valence-electron chi connectivity index (χ3n) is 4.54. The van der Waals surface area contributed by atoms with Crippen molar-refractivity contribution in [3.8, 4) is 0 Å². The number of amides is 3. The zero-order chi connectivity index (χ0) is 20.3. The Kier molecular flexibility index (Phi) is 6.30. The van der Waals surface area contributed by atoms with Crippen LogP contribution in [0.2, 0.25) is 0 Å². The second-order valence-corrected chi connectivity index (χ2v) is 8.70. The van der Waals surface area contributed by atoms with Gasteiger partial charge in [0.15, 0.2) is 4.34 Å². The average molecular weight is 420 g/mol. The van der Waals surface area contributed by atoms with Crippen LogP contribution in [0.25, 0.3) is 0 Å². The van der Waals surface area contributed by atoms with Gasteiger partial charge in [-0.3, -0.25) is 14.4 Å². The van der Waals surface area contributed by atoms with E-state index in [2.05, 4.69) is 20.8 Å². The number of nitrogens with one attached hydrogen (secondary N) is 2. The van der Waals surface area contributed by atoms with Crippen molar-refractivity contribution in [2.75, 3.05) is 29.6 Å². The Morgan fingerprint density at radius 3 is 2.79 bits per heavy atom. The topological polar surface area (TPSA) is 104 Å². The molecule has 10 heteroatoms. The molecule has 0 unspecified atom stereocenters. The SMILES string of the molecule is CNC(=O)CSc1nnc(NC(=O)[C@@H]2CC(=O)N(c3ccc(C)c(C)c3)C2)s1. The lowest BCUT2D eigenvalue weighted by molar-refractivity contribution is -0.122. The molecule has 8 nitrogen and oxygen atoms in total. The van der Waals surface area contributed by atoms with Crippen molar-refractivity contribution < 1.29 is 14.4 Å². The van der Waals surface area contributed by atoms with Gasteiger partial charge in [0.25, 0.3) is 0 Å². The fraction of sp³-hybridized carbons (Fsp3) is 0.389. The Morgan fingerprint density at radius 1 is 1.29 bits per heavy atom. The predicted octanol–water partition coefficient (Wildman–Crippen LogP) is 1.98. The molecule has 0 saturated carbocycles. The number of aryl methyl sites for hydroxylation is 2. The van der Waals surface area contributed by atoms with Crippen LogP contribution in [0.4, 0.5) is 10.8 Å². The first kappa shape index (κ1) is 20.3. The van der Waals surface area contributed by atoms with Gasteiger partial charge in [-0.2, -0.15) is 0 Å². The van der Waals surface area contributed by atoms with E-state index in [1.807, 2.05) is 32.0 Å². The first-order valence-corrected chi connectivity index (χ1v) is 10.5. The van der Waals surface area contributed by atoms with Gasteiger partial charge >= 0.3 is 0 Å². The Bertz CT molecular complexity index is 914. The fourth-order valence-corrected chi connectivity index (χ4v) is 4.38. The van der Waals surface area contributed by atoms with E-state index in [-0.39, 0.29) is 29.9 Å². The molecule has 0 radical (unpaired) electrons. The second kappa shape index (κ2) is 8.70. The van der Waals surface area contributed by atoms with E-state index in [1.54, 1.807) is 11.9 Å². The molecule has 1 atom stereocenters. The minimum Gasteiger partial charge on any atom is -0.358 e. The van der Waals surface area contributed by atoms with E-state index < -0.39 is 5.92 Å². The summed E-state index contributed by atoms with van der Waals surface area (Å²) < 4.78 is 0.596. The molecule has 1 aromatic heterocycles. The zero-order valence-electron chi connectivity index (χ0n) is 15.8. The normalized spacial score (nSPS) is 16.3. The van der Waals surface area contributed by atoms with Gasteiger partial charge in [0, 0.05) is 25.7 Å². The van der Waals surface area contributed by atoms with Crippen molar-refractivity contribution in [1.82, 2.24) is 15.5 Å². The Labute approximate surface area is 171 Å². The quantitative estimate of drug-likeness (QED) is 0.548. The highest BCUT2D eigenvalue weighted by Crippen LogP contribution is 2.29. The predicted molar refractivity (Wildman–Crippen MR) is 110 cm³/mol. The fourth-order valence-electron chi connectivity index (χ4n) is 2.75. The number of anilines is 2. The number of carbonyl (C=O) groups is 3. The minimum atomic E-state index is -0.444. The molecule has 0 spiro atoms. The number of carbonyl (C=O) groups excluding carboxylic acids is 3. The summed E-state index contributed by atoms with van der Waals surface area (Å²) in [6, 6.07) is 5.85. The number of rotatable bonds is 6. The smallest absolute Gasteiger partial charge is 0.231 e. The molecule has 3 rings (SSSR count). The van der Waals surface area contributed by atoms with E-state index in [0.29, 0.717) is 16.0 Å². The van der Waals surface area contributed by atoms with Crippen molar-refractivity contribution >= 4 is 51.6 Å². The van der Waals surface area contributed by atoms with Crippen LogP contribution in [-0.4, -0.2) is 47.3 Å². The van der Waals surface area contributed by atoms with Gasteiger partial charge in [0.1, 0.15) is 0 Å². The molecule has 1 aliphatic rings. The van der Waals surface area contributed by atoms with Gasteiger partial charge < -0.3 is 15.5 Å². The summed E-state index contributed by atoms with van der Waals surface area (Å²) in [5.74, 6) is -0.635. The number of aromatic nitrogens is 2. The number of hydrogen-bond donors (Lipinski definition) is 2.